The van der Waals surface area contributed by atoms with E-state index in [4.69, 9.17) is 9.84 Å². The number of amides is 2. The zero-order valence-corrected chi connectivity index (χ0v) is 12.6. The fourth-order valence-electron chi connectivity index (χ4n) is 1.41. The van der Waals surface area contributed by atoms with E-state index in [-0.39, 0.29) is 5.92 Å². The molecule has 7 nitrogen and oxygen atoms in total. The maximum absolute atomic E-state index is 11.9. The summed E-state index contributed by atoms with van der Waals surface area (Å²) in [6.45, 7) is 8.34. The van der Waals surface area contributed by atoms with Gasteiger partial charge in [0.25, 0.3) is 0 Å². The van der Waals surface area contributed by atoms with Gasteiger partial charge in [-0.15, -0.1) is 0 Å². The Hall–Kier alpha value is -1.79. The fraction of sp³-hybridized carbons (Fsp3) is 0.769. The molecule has 0 bridgehead atoms. The van der Waals surface area contributed by atoms with Gasteiger partial charge in [-0.05, 0) is 26.7 Å². The number of hydrogen-bond donors (Lipinski definition) is 3. The van der Waals surface area contributed by atoms with Gasteiger partial charge in [-0.1, -0.05) is 20.3 Å². The number of carbonyl (C=O) groups excluding carboxylic acids is 2. The van der Waals surface area contributed by atoms with Crippen LogP contribution in [0.2, 0.25) is 0 Å². The molecule has 0 aromatic rings. The predicted octanol–water partition coefficient (Wildman–Crippen LogP) is 1.13. The molecule has 0 unspecified atom stereocenters. The van der Waals surface area contributed by atoms with Gasteiger partial charge in [0.05, 0.1) is 0 Å². The van der Waals surface area contributed by atoms with E-state index in [1.54, 1.807) is 27.7 Å². The van der Waals surface area contributed by atoms with Gasteiger partial charge in [0.15, 0.2) is 0 Å². The van der Waals surface area contributed by atoms with Crippen molar-refractivity contribution in [3.8, 4) is 0 Å². The first-order valence-corrected chi connectivity index (χ1v) is 6.55. The van der Waals surface area contributed by atoms with Crippen molar-refractivity contribution in [3.05, 3.63) is 0 Å². The van der Waals surface area contributed by atoms with Crippen LogP contribution in [0.3, 0.4) is 0 Å². The maximum Gasteiger partial charge on any atom is 0.408 e. The van der Waals surface area contributed by atoms with E-state index in [1.165, 1.54) is 0 Å². The second-order valence-corrected chi connectivity index (χ2v) is 5.62. The van der Waals surface area contributed by atoms with Crippen molar-refractivity contribution in [1.29, 1.82) is 0 Å². The summed E-state index contributed by atoms with van der Waals surface area (Å²) < 4.78 is 5.09. The minimum Gasteiger partial charge on any atom is -0.480 e. The van der Waals surface area contributed by atoms with Crippen LogP contribution in [0, 0.1) is 5.92 Å². The number of rotatable bonds is 6. The molecule has 2 atom stereocenters. The summed E-state index contributed by atoms with van der Waals surface area (Å²) in [6, 6.07) is -0.825. The Morgan fingerprint density at radius 2 is 1.80 bits per heavy atom. The van der Waals surface area contributed by atoms with Crippen LogP contribution < -0.4 is 10.6 Å². The third-order valence-corrected chi connectivity index (χ3v) is 2.58. The molecule has 0 heterocycles. The summed E-state index contributed by atoms with van der Waals surface area (Å²) in [7, 11) is 0. The molecule has 2 amide bonds. The molecular weight excluding hydrogens is 264 g/mol. The van der Waals surface area contributed by atoms with Crippen molar-refractivity contribution >= 4 is 18.0 Å². The number of carbonyl (C=O) groups is 3. The van der Waals surface area contributed by atoms with Crippen molar-refractivity contribution < 1.29 is 24.2 Å². The third-order valence-electron chi connectivity index (χ3n) is 2.58. The van der Waals surface area contributed by atoms with Gasteiger partial charge >= 0.3 is 12.1 Å². The van der Waals surface area contributed by atoms with Gasteiger partial charge in [0, 0.05) is 0 Å². The summed E-state index contributed by atoms with van der Waals surface area (Å²) in [5.41, 5.74) is -0.665. The van der Waals surface area contributed by atoms with Crippen molar-refractivity contribution in [2.45, 2.75) is 52.7 Å². The lowest BCUT2D eigenvalue weighted by atomic mass is 9.98. The number of ether oxygens (including phenoxy) is 1. The SMILES string of the molecule is CC[C@H](C)[C@H](NC(=O)OC(C)(C)C)C(=O)NCC(=O)O. The van der Waals surface area contributed by atoms with Crippen LogP contribution in [0.15, 0.2) is 0 Å². The first-order valence-electron chi connectivity index (χ1n) is 6.55. The van der Waals surface area contributed by atoms with E-state index in [2.05, 4.69) is 10.6 Å². The maximum atomic E-state index is 11.9. The van der Waals surface area contributed by atoms with Crippen molar-refractivity contribution in [2.24, 2.45) is 5.92 Å². The van der Waals surface area contributed by atoms with E-state index in [9.17, 15) is 14.4 Å². The molecule has 3 N–H and O–H groups in total. The van der Waals surface area contributed by atoms with Crippen LogP contribution >= 0.6 is 0 Å². The molecule has 7 heteroatoms. The highest BCUT2D eigenvalue weighted by Crippen LogP contribution is 2.11. The van der Waals surface area contributed by atoms with Crippen LogP contribution in [0.25, 0.3) is 0 Å². The van der Waals surface area contributed by atoms with E-state index >= 15 is 0 Å². The Labute approximate surface area is 119 Å². The van der Waals surface area contributed by atoms with Crippen molar-refractivity contribution in [1.82, 2.24) is 10.6 Å². The molecule has 0 saturated heterocycles. The summed E-state index contributed by atoms with van der Waals surface area (Å²) >= 11 is 0. The summed E-state index contributed by atoms with van der Waals surface area (Å²) in [6.07, 6.45) is -0.0469. The number of aliphatic carboxylic acids is 1. The molecule has 0 aliphatic rings. The lowest BCUT2D eigenvalue weighted by Crippen LogP contribution is -2.52. The van der Waals surface area contributed by atoms with Gasteiger partial charge < -0.3 is 20.5 Å². The molecule has 0 spiro atoms. The Kier molecular flexibility index (Phi) is 7.02. The Bertz CT molecular complexity index is 362. The van der Waals surface area contributed by atoms with E-state index in [1.807, 2.05) is 6.92 Å². The van der Waals surface area contributed by atoms with Gasteiger partial charge in [0.1, 0.15) is 18.2 Å². The second kappa shape index (κ2) is 7.72. The number of carboxylic acids is 1. The molecule has 0 aromatic carbocycles. The smallest absolute Gasteiger partial charge is 0.408 e. The molecule has 0 fully saturated rings. The van der Waals surface area contributed by atoms with Crippen molar-refractivity contribution in [2.75, 3.05) is 6.54 Å². The topological polar surface area (TPSA) is 105 Å². The van der Waals surface area contributed by atoms with Gasteiger partial charge in [-0.25, -0.2) is 4.79 Å². The molecule has 0 rings (SSSR count). The minimum atomic E-state index is -1.14. The summed E-state index contributed by atoms with van der Waals surface area (Å²) in [5.74, 6) is -1.82. The highest BCUT2D eigenvalue weighted by molar-refractivity contribution is 5.88. The number of nitrogens with one attached hydrogen (secondary N) is 2. The largest absolute Gasteiger partial charge is 0.480 e. The first-order chi connectivity index (χ1) is 9.06. The van der Waals surface area contributed by atoms with Gasteiger partial charge in [-0.3, -0.25) is 9.59 Å². The van der Waals surface area contributed by atoms with Gasteiger partial charge in [0.2, 0.25) is 5.91 Å². The highest BCUT2D eigenvalue weighted by atomic mass is 16.6. The molecular formula is C13H24N2O5. The normalized spacial score (nSPS) is 14.1. The van der Waals surface area contributed by atoms with Crippen LogP contribution in [-0.4, -0.2) is 41.3 Å². The van der Waals surface area contributed by atoms with Crippen LogP contribution in [0.5, 0.6) is 0 Å². The van der Waals surface area contributed by atoms with E-state index in [0.717, 1.165) is 0 Å². The van der Waals surface area contributed by atoms with E-state index in [0.29, 0.717) is 6.42 Å². The zero-order valence-electron chi connectivity index (χ0n) is 12.6. The average Bonchev–Trinajstić information content (AvgIpc) is 2.29. The van der Waals surface area contributed by atoms with Gasteiger partial charge in [-0.2, -0.15) is 0 Å². The third kappa shape index (κ3) is 7.60. The second-order valence-electron chi connectivity index (χ2n) is 5.62. The predicted molar refractivity (Wildman–Crippen MR) is 73.3 cm³/mol. The fourth-order valence-corrected chi connectivity index (χ4v) is 1.41. The summed E-state index contributed by atoms with van der Waals surface area (Å²) in [5, 5.41) is 13.3. The van der Waals surface area contributed by atoms with Crippen LogP contribution in [0.4, 0.5) is 4.79 Å². The van der Waals surface area contributed by atoms with E-state index < -0.39 is 36.2 Å². The monoisotopic (exact) mass is 288 g/mol. The Balaban J connectivity index is 4.68. The lowest BCUT2D eigenvalue weighted by Gasteiger charge is -2.26. The number of alkyl carbamates (subject to hydrolysis) is 1. The Morgan fingerprint density at radius 1 is 1.25 bits per heavy atom. The molecule has 0 aliphatic carbocycles. The first kappa shape index (κ1) is 18.2. The Morgan fingerprint density at radius 3 is 2.20 bits per heavy atom. The lowest BCUT2D eigenvalue weighted by molar-refractivity contribution is -0.138. The minimum absolute atomic E-state index is 0.142. The van der Waals surface area contributed by atoms with Crippen LogP contribution in [0.1, 0.15) is 41.0 Å². The molecule has 0 radical (unpaired) electrons. The standard InChI is InChI=1S/C13H24N2O5/c1-6-8(2)10(11(18)14-7-9(16)17)15-12(19)20-13(3,4)5/h8,10H,6-7H2,1-5H3,(H,14,18)(H,15,19)(H,16,17)/t8-,10-/m0/s1. The quantitative estimate of drug-likeness (QED) is 0.679. The zero-order chi connectivity index (χ0) is 15.9. The molecule has 116 valence electrons. The number of carboxylic acid groups (broad SMARTS) is 1. The average molecular weight is 288 g/mol. The summed E-state index contributed by atoms with van der Waals surface area (Å²) in [4.78, 5) is 34.1. The molecule has 0 saturated carbocycles. The van der Waals surface area contributed by atoms with Crippen molar-refractivity contribution in [3.63, 3.8) is 0 Å². The van der Waals surface area contributed by atoms with Crippen LogP contribution in [-0.2, 0) is 14.3 Å². The molecule has 20 heavy (non-hydrogen) atoms. The molecule has 0 aromatic heterocycles. The molecule has 0 aliphatic heterocycles. The number of hydrogen-bond acceptors (Lipinski definition) is 4. The highest BCUT2D eigenvalue weighted by Gasteiger charge is 2.28.